The maximum Gasteiger partial charge on any atom is 0.433 e. The molecule has 0 fully saturated rings. The predicted molar refractivity (Wildman–Crippen MR) is 142 cm³/mol. The molecule has 5 nitrogen and oxygen atoms in total. The number of halogens is 3. The Bertz CT molecular complexity index is 1500. The van der Waals surface area contributed by atoms with Gasteiger partial charge in [0.1, 0.15) is 15.4 Å². The minimum atomic E-state index is -4.60. The van der Waals surface area contributed by atoms with Gasteiger partial charge in [-0.05, 0) is 65.9 Å². The van der Waals surface area contributed by atoms with E-state index in [2.05, 4.69) is 24.1 Å². The first-order chi connectivity index (χ1) is 17.4. The Morgan fingerprint density at radius 3 is 2.30 bits per heavy atom. The number of hydrogen-bond donors (Lipinski definition) is 2. The average Bonchev–Trinajstić information content (AvgIpc) is 3.19. The molecule has 9 heteroatoms. The van der Waals surface area contributed by atoms with Crippen LogP contribution in [0.5, 0.6) is 0 Å². The SMILES string of the molecule is Cc1cc(C(F)(F)F)nc2sc(C(=O)Nc3ccc(C(=O)C=Cc4ccc(C(C)C)cc4)cc3)c(N)c12. The summed E-state index contributed by atoms with van der Waals surface area (Å²) in [5, 5.41) is 3.00. The van der Waals surface area contributed by atoms with Crippen molar-refractivity contribution in [1.29, 1.82) is 0 Å². The van der Waals surface area contributed by atoms with E-state index in [0.717, 1.165) is 23.0 Å². The van der Waals surface area contributed by atoms with Crippen LogP contribution in [0.15, 0.2) is 60.7 Å². The lowest BCUT2D eigenvalue weighted by Crippen LogP contribution is -2.12. The highest BCUT2D eigenvalue weighted by Crippen LogP contribution is 2.38. The van der Waals surface area contributed by atoms with Gasteiger partial charge in [-0.15, -0.1) is 11.3 Å². The maximum absolute atomic E-state index is 13.1. The van der Waals surface area contributed by atoms with Crippen LogP contribution in [-0.2, 0) is 6.18 Å². The third kappa shape index (κ3) is 5.72. The Kier molecular flexibility index (Phi) is 7.18. The molecule has 4 rings (SSSR count). The number of hydrogen-bond acceptors (Lipinski definition) is 5. The summed E-state index contributed by atoms with van der Waals surface area (Å²) in [6.45, 7) is 5.72. The van der Waals surface area contributed by atoms with Crippen LogP contribution in [0.1, 0.15) is 62.2 Å². The molecule has 0 atom stereocenters. The number of anilines is 2. The van der Waals surface area contributed by atoms with Gasteiger partial charge in [0.05, 0.1) is 5.69 Å². The van der Waals surface area contributed by atoms with E-state index < -0.39 is 17.8 Å². The highest BCUT2D eigenvalue weighted by Gasteiger charge is 2.34. The normalized spacial score (nSPS) is 12.0. The molecule has 2 heterocycles. The number of aryl methyl sites for hydroxylation is 1. The number of alkyl halides is 3. The minimum Gasteiger partial charge on any atom is -0.397 e. The number of carbonyl (C=O) groups is 2. The molecule has 4 aromatic rings. The number of ketones is 1. The monoisotopic (exact) mass is 523 g/mol. The standard InChI is InChI=1S/C28H24F3N3O2S/c1-15(2)18-7-4-17(5-8-18)6-13-21(35)19-9-11-20(12-10-19)33-26(36)25-24(32)23-16(3)14-22(28(29,30)31)34-27(23)37-25/h4-15H,32H2,1-3H3,(H,33,36). The number of benzene rings is 2. The fourth-order valence-corrected chi connectivity index (χ4v) is 4.86. The van der Waals surface area contributed by atoms with Gasteiger partial charge in [-0.1, -0.05) is 44.2 Å². The first kappa shape index (κ1) is 26.1. The fraction of sp³-hybridized carbons (Fsp3) is 0.179. The predicted octanol–water partition coefficient (Wildman–Crippen LogP) is 7.48. The number of amides is 1. The number of aromatic nitrogens is 1. The van der Waals surface area contributed by atoms with Gasteiger partial charge < -0.3 is 11.1 Å². The van der Waals surface area contributed by atoms with E-state index in [9.17, 15) is 22.8 Å². The van der Waals surface area contributed by atoms with Crippen molar-refractivity contribution in [3.63, 3.8) is 0 Å². The molecular formula is C28H24F3N3O2S. The lowest BCUT2D eigenvalue weighted by atomic mass is 10.0. The lowest BCUT2D eigenvalue weighted by molar-refractivity contribution is -0.141. The van der Waals surface area contributed by atoms with Gasteiger partial charge in [0.2, 0.25) is 0 Å². The van der Waals surface area contributed by atoms with E-state index >= 15 is 0 Å². The van der Waals surface area contributed by atoms with Crippen molar-refractivity contribution in [1.82, 2.24) is 4.98 Å². The maximum atomic E-state index is 13.1. The summed E-state index contributed by atoms with van der Waals surface area (Å²) >= 11 is 0.799. The van der Waals surface area contributed by atoms with Gasteiger partial charge in [0, 0.05) is 16.6 Å². The third-order valence-electron chi connectivity index (χ3n) is 5.85. The van der Waals surface area contributed by atoms with E-state index in [1.807, 2.05) is 24.3 Å². The molecule has 1 amide bonds. The number of pyridine rings is 1. The zero-order valence-corrected chi connectivity index (χ0v) is 21.1. The van der Waals surface area contributed by atoms with E-state index in [-0.39, 0.29) is 26.7 Å². The summed E-state index contributed by atoms with van der Waals surface area (Å²) in [6.07, 6.45) is -1.38. The summed E-state index contributed by atoms with van der Waals surface area (Å²) in [6, 6.07) is 15.2. The number of fused-ring (bicyclic) bond motifs is 1. The Morgan fingerprint density at radius 1 is 1.05 bits per heavy atom. The molecule has 2 aromatic heterocycles. The quantitative estimate of drug-likeness (QED) is 0.203. The second-order valence-corrected chi connectivity index (χ2v) is 9.90. The molecule has 0 aliphatic carbocycles. The molecule has 0 saturated heterocycles. The topological polar surface area (TPSA) is 85.1 Å². The highest BCUT2D eigenvalue weighted by molar-refractivity contribution is 7.21. The van der Waals surface area contributed by atoms with Gasteiger partial charge in [-0.2, -0.15) is 13.2 Å². The molecular weight excluding hydrogens is 499 g/mol. The van der Waals surface area contributed by atoms with Gasteiger partial charge >= 0.3 is 6.18 Å². The van der Waals surface area contributed by atoms with Crippen molar-refractivity contribution in [3.8, 4) is 0 Å². The number of thiophene rings is 1. The van der Waals surface area contributed by atoms with Crippen molar-refractivity contribution in [2.24, 2.45) is 0 Å². The Hall–Kier alpha value is -3.98. The zero-order valence-electron chi connectivity index (χ0n) is 20.3. The average molecular weight is 524 g/mol. The first-order valence-corrected chi connectivity index (χ1v) is 12.3. The smallest absolute Gasteiger partial charge is 0.397 e. The van der Waals surface area contributed by atoms with Gasteiger partial charge in [-0.3, -0.25) is 9.59 Å². The third-order valence-corrected chi connectivity index (χ3v) is 6.95. The second-order valence-electron chi connectivity index (χ2n) is 8.90. The summed E-state index contributed by atoms with van der Waals surface area (Å²) in [7, 11) is 0. The van der Waals surface area contributed by atoms with Crippen LogP contribution >= 0.6 is 11.3 Å². The van der Waals surface area contributed by atoms with Gasteiger partial charge in [0.25, 0.3) is 5.91 Å². The number of nitrogens with one attached hydrogen (secondary N) is 1. The number of carbonyl (C=O) groups excluding carboxylic acids is 2. The fourth-order valence-electron chi connectivity index (χ4n) is 3.79. The summed E-state index contributed by atoms with van der Waals surface area (Å²) in [5.74, 6) is -0.337. The van der Waals surface area contributed by atoms with Crippen molar-refractivity contribution >= 4 is 50.7 Å². The van der Waals surface area contributed by atoms with Crippen LogP contribution < -0.4 is 11.1 Å². The molecule has 0 unspecified atom stereocenters. The first-order valence-electron chi connectivity index (χ1n) is 11.4. The summed E-state index contributed by atoms with van der Waals surface area (Å²) in [5.41, 5.74) is 8.41. The number of rotatable bonds is 6. The van der Waals surface area contributed by atoms with Crippen molar-refractivity contribution < 1.29 is 22.8 Å². The van der Waals surface area contributed by atoms with E-state index in [0.29, 0.717) is 22.6 Å². The van der Waals surface area contributed by atoms with Crippen molar-refractivity contribution in [2.45, 2.75) is 32.9 Å². The van der Waals surface area contributed by atoms with Gasteiger partial charge in [-0.25, -0.2) is 4.98 Å². The Balaban J connectivity index is 1.47. The molecule has 2 aromatic carbocycles. The lowest BCUT2D eigenvalue weighted by Gasteiger charge is -2.07. The summed E-state index contributed by atoms with van der Waals surface area (Å²) in [4.78, 5) is 29.1. The highest BCUT2D eigenvalue weighted by atomic mass is 32.1. The number of allylic oxidation sites excluding steroid dienone is 1. The van der Waals surface area contributed by atoms with Crippen molar-refractivity contribution in [3.05, 3.63) is 93.5 Å². The molecule has 0 aliphatic heterocycles. The molecule has 0 bridgehead atoms. The van der Waals surface area contributed by atoms with E-state index in [1.165, 1.54) is 18.6 Å². The number of nitrogens with two attached hydrogens (primary N) is 1. The van der Waals surface area contributed by atoms with Crippen LogP contribution in [0.3, 0.4) is 0 Å². The Labute approximate surface area is 215 Å². The molecule has 0 spiro atoms. The molecule has 190 valence electrons. The zero-order chi connectivity index (χ0) is 26.9. The molecule has 0 saturated carbocycles. The van der Waals surface area contributed by atoms with Crippen LogP contribution in [0, 0.1) is 6.92 Å². The second kappa shape index (κ2) is 10.2. The van der Waals surface area contributed by atoms with Crippen LogP contribution in [0.25, 0.3) is 16.3 Å². The van der Waals surface area contributed by atoms with Gasteiger partial charge in [0.15, 0.2) is 5.78 Å². The number of nitrogen functional groups attached to an aromatic ring is 1. The molecule has 0 aliphatic rings. The molecule has 3 N–H and O–H groups in total. The largest absolute Gasteiger partial charge is 0.433 e. The summed E-state index contributed by atoms with van der Waals surface area (Å²) < 4.78 is 39.4. The van der Waals surface area contributed by atoms with Crippen LogP contribution in [0.2, 0.25) is 0 Å². The molecule has 0 radical (unpaired) electrons. The Morgan fingerprint density at radius 2 is 1.70 bits per heavy atom. The molecule has 37 heavy (non-hydrogen) atoms. The van der Waals surface area contributed by atoms with E-state index in [1.54, 1.807) is 30.3 Å². The van der Waals surface area contributed by atoms with Crippen molar-refractivity contribution in [2.75, 3.05) is 11.1 Å². The number of nitrogens with zero attached hydrogens (tertiary/aromatic N) is 1. The van der Waals surface area contributed by atoms with Crippen LogP contribution in [0.4, 0.5) is 24.5 Å². The van der Waals surface area contributed by atoms with E-state index in [4.69, 9.17) is 5.73 Å². The van der Waals surface area contributed by atoms with Crippen LogP contribution in [-0.4, -0.2) is 16.7 Å². The minimum absolute atomic E-state index is 0.0431.